The molecule has 1 aliphatic heterocycles. The van der Waals surface area contributed by atoms with Gasteiger partial charge in [0, 0.05) is 29.0 Å². The summed E-state index contributed by atoms with van der Waals surface area (Å²) in [5.74, 6) is 0.738. The van der Waals surface area contributed by atoms with Crippen LogP contribution in [-0.4, -0.2) is 18.1 Å². The van der Waals surface area contributed by atoms with Gasteiger partial charge in [-0.1, -0.05) is 36.4 Å². The first-order valence-electron chi connectivity index (χ1n) is 7.25. The number of benzene rings is 2. The highest BCUT2D eigenvalue weighted by Gasteiger charge is 2.36. The predicted molar refractivity (Wildman–Crippen MR) is 87.3 cm³/mol. The van der Waals surface area contributed by atoms with Crippen molar-refractivity contribution in [3.63, 3.8) is 0 Å². The highest BCUT2D eigenvalue weighted by molar-refractivity contribution is 7.99. The average Bonchev–Trinajstić information content (AvgIpc) is 2.71. The maximum absolute atomic E-state index is 13.2. The summed E-state index contributed by atoms with van der Waals surface area (Å²) < 4.78 is 13.2. The van der Waals surface area contributed by atoms with Crippen molar-refractivity contribution in [1.29, 1.82) is 0 Å². The van der Waals surface area contributed by atoms with Crippen molar-refractivity contribution in [3.05, 3.63) is 76.6 Å². The molecule has 0 amide bonds. The van der Waals surface area contributed by atoms with Crippen LogP contribution in [-0.2, 0) is 0 Å². The van der Waals surface area contributed by atoms with Crippen molar-refractivity contribution < 1.29 is 9.18 Å². The Morgan fingerprint density at radius 2 is 1.77 bits per heavy atom. The fourth-order valence-electron chi connectivity index (χ4n) is 3.08. The molecular weight excluding hydrogens is 297 g/mol. The van der Waals surface area contributed by atoms with Crippen LogP contribution in [0.25, 0.3) is 5.70 Å². The van der Waals surface area contributed by atoms with Gasteiger partial charge in [-0.25, -0.2) is 4.39 Å². The maximum Gasteiger partial charge on any atom is 0.193 e. The van der Waals surface area contributed by atoms with Gasteiger partial charge >= 0.3 is 0 Å². The summed E-state index contributed by atoms with van der Waals surface area (Å²) in [6, 6.07) is 14.2. The molecule has 22 heavy (non-hydrogen) atoms. The Labute approximate surface area is 132 Å². The lowest BCUT2D eigenvalue weighted by Crippen LogP contribution is -2.13. The van der Waals surface area contributed by atoms with Crippen LogP contribution in [0.3, 0.4) is 0 Å². The van der Waals surface area contributed by atoms with E-state index in [9.17, 15) is 9.18 Å². The zero-order valence-electron chi connectivity index (χ0n) is 11.8. The molecule has 0 saturated carbocycles. The molecule has 1 heterocycles. The number of thioether (sulfide) groups is 1. The SMILES string of the molecule is O=C1C2=C(NCCSC2c2ccc(F)cc2)c2ccccc21. The van der Waals surface area contributed by atoms with Gasteiger partial charge in [-0.15, -0.1) is 11.8 Å². The van der Waals surface area contributed by atoms with Crippen molar-refractivity contribution in [2.75, 3.05) is 12.3 Å². The minimum atomic E-state index is -0.254. The highest BCUT2D eigenvalue weighted by atomic mass is 32.2. The van der Waals surface area contributed by atoms with Gasteiger partial charge < -0.3 is 5.32 Å². The molecule has 2 aromatic rings. The third-order valence-corrected chi connectivity index (χ3v) is 5.36. The number of halogens is 1. The minimum Gasteiger partial charge on any atom is -0.383 e. The van der Waals surface area contributed by atoms with E-state index in [0.717, 1.165) is 40.3 Å². The highest BCUT2D eigenvalue weighted by Crippen LogP contribution is 2.45. The number of rotatable bonds is 1. The number of carbonyl (C=O) groups excluding carboxylic acids is 1. The van der Waals surface area contributed by atoms with E-state index in [4.69, 9.17) is 0 Å². The van der Waals surface area contributed by atoms with Gasteiger partial charge in [0.05, 0.1) is 10.9 Å². The molecule has 4 rings (SSSR count). The van der Waals surface area contributed by atoms with Gasteiger partial charge in [0.15, 0.2) is 5.78 Å². The number of Topliss-reactive ketones (excluding diaryl/α,β-unsaturated/α-hetero) is 1. The Balaban J connectivity index is 1.85. The smallest absolute Gasteiger partial charge is 0.193 e. The molecule has 0 aromatic heterocycles. The topological polar surface area (TPSA) is 29.1 Å². The second kappa shape index (κ2) is 5.29. The Hall–Kier alpha value is -2.07. The Kier molecular flexibility index (Phi) is 3.26. The Morgan fingerprint density at radius 1 is 1.05 bits per heavy atom. The number of hydrogen-bond acceptors (Lipinski definition) is 3. The molecule has 2 aliphatic rings. The van der Waals surface area contributed by atoms with Crippen LogP contribution >= 0.6 is 11.8 Å². The van der Waals surface area contributed by atoms with E-state index in [1.165, 1.54) is 12.1 Å². The van der Waals surface area contributed by atoms with E-state index in [1.807, 2.05) is 24.3 Å². The number of ketones is 1. The minimum absolute atomic E-state index is 0.0505. The predicted octanol–water partition coefficient (Wildman–Crippen LogP) is 3.81. The number of carbonyl (C=O) groups is 1. The van der Waals surface area contributed by atoms with Crippen LogP contribution in [0.1, 0.15) is 26.7 Å². The molecule has 0 saturated heterocycles. The average molecular weight is 311 g/mol. The van der Waals surface area contributed by atoms with E-state index >= 15 is 0 Å². The molecular formula is C18H14FNOS. The van der Waals surface area contributed by atoms with Crippen LogP contribution in [0.2, 0.25) is 0 Å². The summed E-state index contributed by atoms with van der Waals surface area (Å²) in [4.78, 5) is 12.8. The van der Waals surface area contributed by atoms with Gasteiger partial charge in [-0.05, 0) is 17.7 Å². The summed E-state index contributed by atoms with van der Waals surface area (Å²) in [6.45, 7) is 0.822. The largest absolute Gasteiger partial charge is 0.383 e. The van der Waals surface area contributed by atoms with Gasteiger partial charge in [0.1, 0.15) is 5.82 Å². The second-order valence-electron chi connectivity index (χ2n) is 5.39. The zero-order valence-corrected chi connectivity index (χ0v) is 12.6. The van der Waals surface area contributed by atoms with Gasteiger partial charge in [0.25, 0.3) is 0 Å². The fourth-order valence-corrected chi connectivity index (χ4v) is 4.28. The molecule has 2 aromatic carbocycles. The normalized spacial score (nSPS) is 20.2. The summed E-state index contributed by atoms with van der Waals surface area (Å²) in [5.41, 5.74) is 4.46. The van der Waals surface area contributed by atoms with Crippen molar-refractivity contribution in [1.82, 2.24) is 5.32 Å². The first-order valence-corrected chi connectivity index (χ1v) is 8.30. The molecule has 4 heteroatoms. The summed E-state index contributed by atoms with van der Waals surface area (Å²) >= 11 is 1.73. The molecule has 1 atom stereocenters. The fraction of sp³-hybridized carbons (Fsp3) is 0.167. The van der Waals surface area contributed by atoms with Gasteiger partial charge in [-0.2, -0.15) is 0 Å². The molecule has 0 radical (unpaired) electrons. The van der Waals surface area contributed by atoms with E-state index in [1.54, 1.807) is 23.9 Å². The first-order chi connectivity index (χ1) is 10.8. The van der Waals surface area contributed by atoms with Crippen molar-refractivity contribution >= 4 is 23.2 Å². The first kappa shape index (κ1) is 13.6. The lowest BCUT2D eigenvalue weighted by Gasteiger charge is -2.16. The van der Waals surface area contributed by atoms with Crippen molar-refractivity contribution in [2.24, 2.45) is 0 Å². The summed E-state index contributed by atoms with van der Waals surface area (Å²) in [7, 11) is 0. The van der Waals surface area contributed by atoms with Crippen LogP contribution in [0.4, 0.5) is 4.39 Å². The lowest BCUT2D eigenvalue weighted by atomic mass is 10.0. The molecule has 1 aliphatic carbocycles. The van der Waals surface area contributed by atoms with Crippen LogP contribution in [0.15, 0.2) is 54.1 Å². The summed E-state index contributed by atoms with van der Waals surface area (Å²) in [6.07, 6.45) is 0. The number of nitrogens with one attached hydrogen (secondary N) is 1. The maximum atomic E-state index is 13.2. The monoisotopic (exact) mass is 311 g/mol. The van der Waals surface area contributed by atoms with Crippen LogP contribution in [0.5, 0.6) is 0 Å². The quantitative estimate of drug-likeness (QED) is 0.868. The van der Waals surface area contributed by atoms with E-state index in [-0.39, 0.29) is 16.9 Å². The standard InChI is InChI=1S/C18H14FNOS/c19-12-7-5-11(6-8-12)18-15-16(20-9-10-22-18)13-3-1-2-4-14(13)17(15)21/h1-8,18,20H,9-10H2. The molecule has 2 nitrogen and oxygen atoms in total. The van der Waals surface area contributed by atoms with E-state index in [2.05, 4.69) is 5.32 Å². The Morgan fingerprint density at radius 3 is 2.55 bits per heavy atom. The summed E-state index contributed by atoms with van der Waals surface area (Å²) in [5, 5.41) is 3.35. The number of hydrogen-bond donors (Lipinski definition) is 1. The van der Waals surface area contributed by atoms with E-state index < -0.39 is 0 Å². The van der Waals surface area contributed by atoms with Gasteiger partial charge in [-0.3, -0.25) is 4.79 Å². The van der Waals surface area contributed by atoms with Crippen molar-refractivity contribution in [2.45, 2.75) is 5.25 Å². The third kappa shape index (κ3) is 2.06. The molecule has 0 fully saturated rings. The van der Waals surface area contributed by atoms with E-state index in [0.29, 0.717) is 0 Å². The van der Waals surface area contributed by atoms with Crippen LogP contribution in [0, 0.1) is 5.82 Å². The molecule has 0 spiro atoms. The molecule has 1 N–H and O–H groups in total. The third-order valence-electron chi connectivity index (χ3n) is 4.08. The zero-order chi connectivity index (χ0) is 15.1. The molecule has 110 valence electrons. The van der Waals surface area contributed by atoms with Crippen molar-refractivity contribution in [3.8, 4) is 0 Å². The molecule has 1 unspecified atom stereocenters. The van der Waals surface area contributed by atoms with Gasteiger partial charge in [0.2, 0.25) is 0 Å². The Bertz CT molecular complexity index is 782. The lowest BCUT2D eigenvalue weighted by molar-refractivity contribution is 0.103. The second-order valence-corrected chi connectivity index (χ2v) is 6.61. The number of fused-ring (bicyclic) bond motifs is 2. The van der Waals surface area contributed by atoms with Crippen LogP contribution < -0.4 is 5.32 Å². The molecule has 0 bridgehead atoms.